The van der Waals surface area contributed by atoms with E-state index < -0.39 is 0 Å². The molecule has 0 aliphatic carbocycles. The molecular weight excluding hydrogens is 414 g/mol. The Hall–Kier alpha value is -2.94. The predicted octanol–water partition coefficient (Wildman–Crippen LogP) is 7.60. The van der Waals surface area contributed by atoms with E-state index in [0.29, 0.717) is 24.7 Å². The van der Waals surface area contributed by atoms with Crippen molar-refractivity contribution in [3.63, 3.8) is 0 Å². The predicted molar refractivity (Wildman–Crippen MR) is 136 cm³/mol. The molecule has 33 heavy (non-hydrogen) atoms. The molecule has 0 aliphatic heterocycles. The second kappa shape index (κ2) is 15.8. The number of nitrogens with zero attached hydrogens (tertiary/aromatic N) is 3. The molecule has 6 heteroatoms. The average Bonchev–Trinajstić information content (AvgIpc) is 2.85. The largest absolute Gasteiger partial charge is 0.497 e. The molecule has 0 N–H and O–H groups in total. The first-order valence-electron chi connectivity index (χ1n) is 12.4. The normalized spacial score (nSPS) is 10.5. The van der Waals surface area contributed by atoms with Gasteiger partial charge in [-0.15, -0.1) is 0 Å². The standard InChI is InChI=1S/C27H40N3O3/c1-4-6-8-10-18-30(19-21-32-25-15-13-24(31-3)14-16-25)23-12-17-26(29-28)27(22-23)33-20-11-9-7-5-2/h12-17,22H,4-11,18-21H2,1-3H3/q+1. The lowest BCUT2D eigenvalue weighted by molar-refractivity contribution is 0.306. The molecular formula is C27H40N3O3+. The molecule has 0 amide bonds. The summed E-state index contributed by atoms with van der Waals surface area (Å²) in [6, 6.07) is 13.4. The van der Waals surface area contributed by atoms with Crippen molar-refractivity contribution < 1.29 is 14.2 Å². The monoisotopic (exact) mass is 454 g/mol. The molecule has 180 valence electrons. The maximum absolute atomic E-state index is 9.40. The van der Waals surface area contributed by atoms with Crippen LogP contribution in [0.3, 0.4) is 0 Å². The number of hydrogen-bond donors (Lipinski definition) is 0. The lowest BCUT2D eigenvalue weighted by atomic mass is 10.2. The smallest absolute Gasteiger partial charge is 0.426 e. The Labute approximate surface area is 199 Å². The van der Waals surface area contributed by atoms with E-state index in [9.17, 15) is 5.39 Å². The van der Waals surface area contributed by atoms with E-state index in [1.165, 1.54) is 32.1 Å². The SMILES string of the molecule is CCCCCCOc1cc(N(CCCCCC)CCOc2ccc(OC)cc2)ccc1[N+]#N. The van der Waals surface area contributed by atoms with Crippen LogP contribution in [0.2, 0.25) is 0 Å². The van der Waals surface area contributed by atoms with E-state index in [-0.39, 0.29) is 0 Å². The van der Waals surface area contributed by atoms with E-state index in [1.807, 2.05) is 42.5 Å². The Balaban J connectivity index is 2.03. The third kappa shape index (κ3) is 9.61. The molecule has 0 atom stereocenters. The lowest BCUT2D eigenvalue weighted by Gasteiger charge is -2.25. The zero-order valence-corrected chi connectivity index (χ0v) is 20.6. The summed E-state index contributed by atoms with van der Waals surface area (Å²) < 4.78 is 17.2. The summed E-state index contributed by atoms with van der Waals surface area (Å²) in [6.07, 6.45) is 9.33. The zero-order chi connectivity index (χ0) is 23.7. The van der Waals surface area contributed by atoms with Crippen molar-refractivity contribution in [3.8, 4) is 17.2 Å². The molecule has 0 saturated carbocycles. The van der Waals surface area contributed by atoms with E-state index in [4.69, 9.17) is 14.2 Å². The third-order valence-electron chi connectivity index (χ3n) is 5.64. The van der Waals surface area contributed by atoms with Gasteiger partial charge in [-0.3, -0.25) is 0 Å². The molecule has 0 fully saturated rings. The van der Waals surface area contributed by atoms with Crippen molar-refractivity contribution in [3.05, 3.63) is 47.4 Å². The van der Waals surface area contributed by atoms with Gasteiger partial charge in [0.05, 0.1) is 20.3 Å². The fraction of sp³-hybridized carbons (Fsp3) is 0.556. The molecule has 0 bridgehead atoms. The third-order valence-corrected chi connectivity index (χ3v) is 5.64. The number of methoxy groups -OCH3 is 1. The van der Waals surface area contributed by atoms with Crippen molar-refractivity contribution in [2.45, 2.75) is 65.2 Å². The number of ether oxygens (including phenoxy) is 3. The summed E-state index contributed by atoms with van der Waals surface area (Å²) >= 11 is 0. The van der Waals surface area contributed by atoms with Crippen LogP contribution in [-0.4, -0.2) is 33.4 Å². The minimum Gasteiger partial charge on any atom is -0.497 e. The molecule has 0 saturated heterocycles. The highest BCUT2D eigenvalue weighted by atomic mass is 16.5. The van der Waals surface area contributed by atoms with Crippen molar-refractivity contribution in [2.24, 2.45) is 0 Å². The Bertz CT molecular complexity index is 833. The molecule has 2 aromatic carbocycles. The Morgan fingerprint density at radius 3 is 2.12 bits per heavy atom. The number of diazo groups is 1. The molecule has 2 aromatic rings. The molecule has 0 unspecified atom stereocenters. The first-order chi connectivity index (χ1) is 16.2. The summed E-state index contributed by atoms with van der Waals surface area (Å²) in [5.41, 5.74) is 1.52. The van der Waals surface area contributed by atoms with Crippen LogP contribution < -0.4 is 19.1 Å². The highest BCUT2D eigenvalue weighted by Crippen LogP contribution is 2.33. The van der Waals surface area contributed by atoms with Crippen LogP contribution in [0, 0.1) is 5.39 Å². The van der Waals surface area contributed by atoms with Crippen LogP contribution in [0.4, 0.5) is 11.4 Å². The zero-order valence-electron chi connectivity index (χ0n) is 20.6. The first kappa shape index (κ1) is 26.3. The van der Waals surface area contributed by atoms with E-state index >= 15 is 0 Å². The Morgan fingerprint density at radius 1 is 0.758 bits per heavy atom. The van der Waals surface area contributed by atoms with Gasteiger partial charge in [0.25, 0.3) is 0 Å². The summed E-state index contributed by atoms with van der Waals surface area (Å²) in [6.45, 7) is 7.31. The van der Waals surface area contributed by atoms with Crippen LogP contribution in [0.25, 0.3) is 4.98 Å². The van der Waals surface area contributed by atoms with Crippen molar-refractivity contribution >= 4 is 11.4 Å². The van der Waals surface area contributed by atoms with Gasteiger partial charge in [-0.05, 0) is 43.2 Å². The van der Waals surface area contributed by atoms with E-state index in [1.54, 1.807) is 7.11 Å². The van der Waals surface area contributed by atoms with Gasteiger partial charge in [0, 0.05) is 24.4 Å². The molecule has 0 heterocycles. The number of anilines is 1. The topological polar surface area (TPSA) is 59.1 Å². The van der Waals surface area contributed by atoms with Crippen LogP contribution >= 0.6 is 0 Å². The highest BCUT2D eigenvalue weighted by molar-refractivity contribution is 5.65. The van der Waals surface area contributed by atoms with Gasteiger partial charge in [-0.25, -0.2) is 0 Å². The summed E-state index contributed by atoms with van der Waals surface area (Å²) in [5.74, 6) is 2.27. The van der Waals surface area contributed by atoms with Crippen molar-refractivity contribution in [1.29, 1.82) is 5.39 Å². The minimum atomic E-state index is 0.467. The van der Waals surface area contributed by atoms with Crippen LogP contribution in [0.15, 0.2) is 42.5 Å². The van der Waals surface area contributed by atoms with E-state index in [2.05, 4.69) is 23.7 Å². The lowest BCUT2D eigenvalue weighted by Crippen LogP contribution is -2.29. The van der Waals surface area contributed by atoms with Gasteiger partial charge < -0.3 is 19.1 Å². The molecule has 6 nitrogen and oxygen atoms in total. The van der Waals surface area contributed by atoms with Crippen LogP contribution in [-0.2, 0) is 0 Å². The second-order valence-electron chi connectivity index (χ2n) is 8.23. The maximum atomic E-state index is 9.40. The molecule has 0 spiro atoms. The Morgan fingerprint density at radius 2 is 1.45 bits per heavy atom. The molecule has 2 rings (SSSR count). The Kier molecular flexibility index (Phi) is 12.6. The fourth-order valence-electron chi connectivity index (χ4n) is 3.65. The van der Waals surface area contributed by atoms with Gasteiger partial charge in [0.15, 0.2) is 4.98 Å². The maximum Gasteiger partial charge on any atom is 0.426 e. The van der Waals surface area contributed by atoms with Crippen molar-refractivity contribution in [1.82, 2.24) is 0 Å². The van der Waals surface area contributed by atoms with Crippen molar-refractivity contribution in [2.75, 3.05) is 38.3 Å². The van der Waals surface area contributed by atoms with Gasteiger partial charge in [0.1, 0.15) is 18.1 Å². The number of unbranched alkanes of at least 4 members (excludes halogenated alkanes) is 6. The van der Waals surface area contributed by atoms with Crippen LogP contribution in [0.5, 0.6) is 17.2 Å². The summed E-state index contributed by atoms with van der Waals surface area (Å²) in [5, 5.41) is 9.40. The van der Waals surface area contributed by atoms with Gasteiger partial charge in [-0.1, -0.05) is 52.4 Å². The van der Waals surface area contributed by atoms with Gasteiger partial charge >= 0.3 is 5.69 Å². The summed E-state index contributed by atoms with van der Waals surface area (Å²) in [4.78, 5) is 5.73. The fourth-order valence-corrected chi connectivity index (χ4v) is 3.65. The molecule has 0 radical (unpaired) electrons. The van der Waals surface area contributed by atoms with Gasteiger partial charge in [0.2, 0.25) is 11.1 Å². The quantitative estimate of drug-likeness (QED) is 0.182. The second-order valence-corrected chi connectivity index (χ2v) is 8.23. The molecule has 0 aliphatic rings. The number of rotatable bonds is 17. The highest BCUT2D eigenvalue weighted by Gasteiger charge is 2.18. The first-order valence-corrected chi connectivity index (χ1v) is 12.4. The van der Waals surface area contributed by atoms with Gasteiger partial charge in [-0.2, -0.15) is 0 Å². The van der Waals surface area contributed by atoms with E-state index in [0.717, 1.165) is 49.5 Å². The van der Waals surface area contributed by atoms with Crippen LogP contribution in [0.1, 0.15) is 65.2 Å². The average molecular weight is 455 g/mol. The number of benzene rings is 2. The number of hydrogen-bond acceptors (Lipinski definition) is 5. The summed E-state index contributed by atoms with van der Waals surface area (Å²) in [7, 11) is 1.66. The molecule has 0 aromatic heterocycles. The minimum absolute atomic E-state index is 0.467.